The number of esters is 2. The summed E-state index contributed by atoms with van der Waals surface area (Å²) in [4.78, 5) is 22.2. The number of carbonyl (C=O) groups excluding carboxylic acids is 2. The number of thiophene rings is 1. The Kier molecular flexibility index (Phi) is 12.5. The number of hydrazine groups is 2. The molecule has 0 saturated carbocycles. The molecular formula is C37H35FN6O6S. The maximum absolute atomic E-state index is 15.1. The van der Waals surface area contributed by atoms with Crippen molar-refractivity contribution in [3.05, 3.63) is 122 Å². The summed E-state index contributed by atoms with van der Waals surface area (Å²) in [5.74, 6) is -0.817. The van der Waals surface area contributed by atoms with Crippen molar-refractivity contribution < 1.29 is 32.9 Å². The number of rotatable bonds is 18. The first-order chi connectivity index (χ1) is 24.8. The van der Waals surface area contributed by atoms with Crippen molar-refractivity contribution in [3.8, 4) is 10.8 Å². The fraction of sp³-hybridized carbons (Fsp3) is 0.135. The summed E-state index contributed by atoms with van der Waals surface area (Å²) in [5.41, 5.74) is 12.8. The molecule has 14 heteroatoms. The third kappa shape index (κ3) is 10.8. The van der Waals surface area contributed by atoms with Crippen molar-refractivity contribution >= 4 is 67.5 Å². The van der Waals surface area contributed by atoms with Gasteiger partial charge in [0.1, 0.15) is 38.0 Å². The number of fused-ring (bicyclic) bond motifs is 1. The molecule has 0 fully saturated rings. The Morgan fingerprint density at radius 2 is 1.39 bits per heavy atom. The quantitative estimate of drug-likeness (QED) is 0.0267. The zero-order valence-electron chi connectivity index (χ0n) is 27.6. The van der Waals surface area contributed by atoms with E-state index < -0.39 is 17.8 Å². The number of azo groups is 1. The molecule has 0 aliphatic heterocycles. The lowest BCUT2D eigenvalue weighted by molar-refractivity contribution is -0.139. The van der Waals surface area contributed by atoms with Crippen LogP contribution in [0.2, 0.25) is 0 Å². The number of ether oxygens (including phenoxy) is 4. The SMILES string of the molecule is C=CC(=O)OCCOc1ccc(N=Nc2ccc(NNc3ccc(N(C)Nc4ccc5cc(OCCOC(=O)C=C)sc5c4)cc3F)cc2)cc1. The first kappa shape index (κ1) is 35.9. The van der Waals surface area contributed by atoms with E-state index >= 15 is 4.39 Å². The van der Waals surface area contributed by atoms with E-state index in [9.17, 15) is 9.59 Å². The van der Waals surface area contributed by atoms with E-state index in [2.05, 4.69) is 39.7 Å². The third-order valence-electron chi connectivity index (χ3n) is 6.96. The second kappa shape index (κ2) is 17.8. The number of nitrogens with zero attached hydrogens (tertiary/aromatic N) is 3. The smallest absolute Gasteiger partial charge is 0.330 e. The predicted molar refractivity (Wildman–Crippen MR) is 198 cm³/mol. The number of hydrogen-bond acceptors (Lipinski definition) is 13. The molecule has 51 heavy (non-hydrogen) atoms. The molecule has 0 unspecified atom stereocenters. The van der Waals surface area contributed by atoms with Gasteiger partial charge in [-0.3, -0.25) is 15.9 Å². The highest BCUT2D eigenvalue weighted by Gasteiger charge is 2.10. The minimum Gasteiger partial charge on any atom is -0.490 e. The average Bonchev–Trinajstić information content (AvgIpc) is 3.56. The molecule has 1 heterocycles. The van der Waals surface area contributed by atoms with Crippen LogP contribution in [0.4, 0.5) is 38.5 Å². The van der Waals surface area contributed by atoms with Crippen LogP contribution in [0.15, 0.2) is 127 Å². The maximum Gasteiger partial charge on any atom is 0.330 e. The highest BCUT2D eigenvalue weighted by molar-refractivity contribution is 7.20. The molecule has 5 aromatic rings. The summed E-state index contributed by atoms with van der Waals surface area (Å²) in [6, 6.07) is 26.8. The molecule has 12 nitrogen and oxygen atoms in total. The first-order valence-electron chi connectivity index (χ1n) is 15.6. The van der Waals surface area contributed by atoms with Crippen molar-refractivity contribution in [2.24, 2.45) is 10.2 Å². The molecule has 0 atom stereocenters. The molecule has 0 saturated heterocycles. The Hall–Kier alpha value is -6.41. The number of hydrogen-bond donors (Lipinski definition) is 3. The Morgan fingerprint density at radius 3 is 2.04 bits per heavy atom. The van der Waals surface area contributed by atoms with Gasteiger partial charge in [-0.2, -0.15) is 10.2 Å². The minimum absolute atomic E-state index is 0.125. The summed E-state index contributed by atoms with van der Waals surface area (Å²) in [6.45, 7) is 7.42. The summed E-state index contributed by atoms with van der Waals surface area (Å²) < 4.78 is 37.1. The van der Waals surface area contributed by atoms with Crippen LogP contribution in [0.1, 0.15) is 0 Å². The Morgan fingerprint density at radius 1 is 0.765 bits per heavy atom. The lowest BCUT2D eigenvalue weighted by Crippen LogP contribution is -2.24. The predicted octanol–water partition coefficient (Wildman–Crippen LogP) is 8.57. The fourth-order valence-electron chi connectivity index (χ4n) is 4.40. The lowest BCUT2D eigenvalue weighted by Gasteiger charge is -2.22. The molecule has 0 aliphatic rings. The van der Waals surface area contributed by atoms with Crippen LogP contribution in [-0.4, -0.2) is 45.4 Å². The van der Waals surface area contributed by atoms with E-state index in [4.69, 9.17) is 18.9 Å². The van der Waals surface area contributed by atoms with Gasteiger partial charge in [-0.25, -0.2) is 14.0 Å². The van der Waals surface area contributed by atoms with Gasteiger partial charge in [0.05, 0.1) is 34.1 Å². The fourth-order valence-corrected chi connectivity index (χ4v) is 5.37. The lowest BCUT2D eigenvalue weighted by atomic mass is 10.2. The Balaban J connectivity index is 1.07. The minimum atomic E-state index is -0.496. The average molecular weight is 711 g/mol. The topological polar surface area (TPSA) is 135 Å². The molecule has 0 spiro atoms. The van der Waals surface area contributed by atoms with Crippen molar-refractivity contribution in [3.63, 3.8) is 0 Å². The standard InChI is InChI=1S/C37H35FN6O6S/c1-4-35(45)48-19-18-47-31-15-12-28(13-16-31)40-39-26-8-10-27(11-9-26)41-42-33-17-14-30(24-32(33)38)44(3)43-29-7-6-25-22-37(51-34(25)23-29)50-21-20-49-36(46)5-2/h4-17,22-24,41-43H,1-2,18-21H2,3H3. The van der Waals surface area contributed by atoms with E-state index in [-0.39, 0.29) is 32.1 Å². The van der Waals surface area contributed by atoms with Crippen molar-refractivity contribution in [1.82, 2.24) is 0 Å². The summed E-state index contributed by atoms with van der Waals surface area (Å²) >= 11 is 1.47. The molecule has 3 N–H and O–H groups in total. The van der Waals surface area contributed by atoms with E-state index in [1.807, 2.05) is 24.3 Å². The maximum atomic E-state index is 15.1. The monoisotopic (exact) mass is 710 g/mol. The van der Waals surface area contributed by atoms with E-state index in [0.29, 0.717) is 33.6 Å². The van der Waals surface area contributed by atoms with Crippen LogP contribution in [0.5, 0.6) is 10.8 Å². The third-order valence-corrected chi connectivity index (χ3v) is 7.97. The largest absolute Gasteiger partial charge is 0.490 e. The van der Waals surface area contributed by atoms with Gasteiger partial charge in [-0.1, -0.05) is 30.6 Å². The van der Waals surface area contributed by atoms with Gasteiger partial charge in [0, 0.05) is 30.0 Å². The van der Waals surface area contributed by atoms with Gasteiger partial charge in [-0.15, -0.1) is 0 Å². The second-order valence-corrected chi connectivity index (χ2v) is 11.6. The highest BCUT2D eigenvalue weighted by Crippen LogP contribution is 2.34. The molecule has 262 valence electrons. The Labute approximate surface area is 297 Å². The zero-order chi connectivity index (χ0) is 36.0. The highest BCUT2D eigenvalue weighted by atomic mass is 32.1. The second-order valence-electron chi connectivity index (χ2n) is 10.6. The number of halogens is 1. The van der Waals surface area contributed by atoms with Gasteiger partial charge in [-0.05, 0) is 84.2 Å². The molecule has 4 aromatic carbocycles. The van der Waals surface area contributed by atoms with Gasteiger partial charge in [0.25, 0.3) is 0 Å². The molecular weight excluding hydrogens is 676 g/mol. The number of benzene rings is 4. The van der Waals surface area contributed by atoms with Gasteiger partial charge in [0.15, 0.2) is 5.06 Å². The first-order valence-corrected chi connectivity index (χ1v) is 16.4. The van der Waals surface area contributed by atoms with E-state index in [1.54, 1.807) is 72.7 Å². The van der Waals surface area contributed by atoms with Crippen molar-refractivity contribution in [1.29, 1.82) is 0 Å². The summed E-state index contributed by atoms with van der Waals surface area (Å²) in [6.07, 6.45) is 2.21. The number of anilines is 4. The molecule has 0 bridgehead atoms. The molecule has 5 rings (SSSR count). The van der Waals surface area contributed by atoms with Crippen LogP contribution in [0.3, 0.4) is 0 Å². The van der Waals surface area contributed by atoms with Gasteiger partial charge < -0.3 is 24.4 Å². The van der Waals surface area contributed by atoms with Crippen molar-refractivity contribution in [2.45, 2.75) is 0 Å². The van der Waals surface area contributed by atoms with Crippen LogP contribution in [0.25, 0.3) is 10.1 Å². The van der Waals surface area contributed by atoms with Crippen LogP contribution < -0.4 is 30.8 Å². The normalized spacial score (nSPS) is 10.7. The summed E-state index contributed by atoms with van der Waals surface area (Å²) in [5, 5.41) is 11.9. The summed E-state index contributed by atoms with van der Waals surface area (Å²) in [7, 11) is 1.80. The van der Waals surface area contributed by atoms with E-state index in [1.165, 1.54) is 17.4 Å². The number of carbonyl (C=O) groups is 2. The zero-order valence-corrected chi connectivity index (χ0v) is 28.5. The molecule has 0 amide bonds. The van der Waals surface area contributed by atoms with E-state index in [0.717, 1.165) is 27.9 Å². The molecule has 0 aliphatic carbocycles. The van der Waals surface area contributed by atoms with Crippen LogP contribution >= 0.6 is 11.3 Å². The van der Waals surface area contributed by atoms with Gasteiger partial charge in [0.2, 0.25) is 0 Å². The van der Waals surface area contributed by atoms with Gasteiger partial charge >= 0.3 is 11.9 Å². The molecule has 0 radical (unpaired) electrons. The number of nitrogens with one attached hydrogen (secondary N) is 3. The van der Waals surface area contributed by atoms with Crippen molar-refractivity contribution in [2.75, 3.05) is 54.8 Å². The molecule has 1 aromatic heterocycles. The van der Waals surface area contributed by atoms with Crippen LogP contribution in [-0.2, 0) is 19.1 Å². The Bertz CT molecular complexity index is 2000. The van der Waals surface area contributed by atoms with Crippen LogP contribution in [0, 0.1) is 5.82 Å².